The highest BCUT2D eigenvalue weighted by molar-refractivity contribution is 6.19. The molecule has 0 aliphatic carbocycles. The minimum Gasteiger partial charge on any atom is -0.373 e. The average Bonchev–Trinajstić information content (AvgIpc) is 2.89. The monoisotopic (exact) mass is 553 g/mol. The lowest BCUT2D eigenvalue weighted by atomic mass is 10.0. The van der Waals surface area contributed by atoms with Crippen molar-refractivity contribution in [2.75, 3.05) is 40.4 Å². The molecule has 3 amide bonds. The Hall–Kier alpha value is -4.08. The molecule has 0 aliphatic rings. The van der Waals surface area contributed by atoms with Crippen LogP contribution in [-0.2, 0) is 4.74 Å². The van der Waals surface area contributed by atoms with Crippen LogP contribution in [0.25, 0.3) is 21.8 Å². The minimum atomic E-state index is -1.22. The molecule has 4 aromatic rings. The van der Waals surface area contributed by atoms with Gasteiger partial charge in [0.1, 0.15) is 0 Å². The van der Waals surface area contributed by atoms with Crippen molar-refractivity contribution in [2.45, 2.75) is 6.92 Å². The summed E-state index contributed by atoms with van der Waals surface area (Å²) in [5.41, 5.74) is 8.72. The fraction of sp³-hybridized carbons (Fsp3) is 0.185. The molecule has 0 unspecified atom stereocenters. The zero-order chi connectivity index (χ0) is 27.2. The summed E-state index contributed by atoms with van der Waals surface area (Å²) in [5.74, 6) is -0.000191. The number of nitrogens with two attached hydrogens (primary N) is 1. The number of hydrogen-bond acceptors (Lipinski definition) is 6. The molecule has 38 heavy (non-hydrogen) atoms. The Kier molecular flexibility index (Phi) is 8.50. The van der Waals surface area contributed by atoms with Crippen LogP contribution in [0.4, 0.5) is 26.7 Å². The van der Waals surface area contributed by atoms with Gasteiger partial charge in [0, 0.05) is 47.0 Å². The van der Waals surface area contributed by atoms with Crippen LogP contribution in [0.3, 0.4) is 0 Å². The van der Waals surface area contributed by atoms with Crippen molar-refractivity contribution in [2.24, 2.45) is 5.73 Å². The first-order valence-corrected chi connectivity index (χ1v) is 12.8. The number of amides is 3. The smallest absolute Gasteiger partial charge is 0.373 e. The van der Waals surface area contributed by atoms with Crippen molar-refractivity contribution in [3.05, 3.63) is 71.8 Å². The molecule has 0 spiro atoms. The summed E-state index contributed by atoms with van der Waals surface area (Å²) in [4.78, 5) is 43.5. The van der Waals surface area contributed by atoms with Crippen LogP contribution in [0, 0.1) is 6.92 Å². The standard InChI is InChI=1S/C27H25Cl2N5O4/c1-16-4-2-5-19-22(16)32-24-20(6-3-7-21(24)25(35)38-26(30)36)23(19)33-27(37)31-17-8-10-18(11-9-17)34(14-12-28)15-13-29/h2-11H,12-15H2,1H3,(H2,30,36)(H2,31,32,33,37). The number of urea groups is 1. The molecule has 9 nitrogen and oxygen atoms in total. The number of esters is 1. The molecule has 1 heterocycles. The molecular weight excluding hydrogens is 529 g/mol. The van der Waals surface area contributed by atoms with Gasteiger partial charge in [-0.2, -0.15) is 0 Å². The van der Waals surface area contributed by atoms with E-state index in [0.29, 0.717) is 52.5 Å². The van der Waals surface area contributed by atoms with E-state index in [2.05, 4.69) is 25.3 Å². The molecule has 196 valence electrons. The van der Waals surface area contributed by atoms with Gasteiger partial charge in [-0.15, -0.1) is 23.2 Å². The molecule has 4 N–H and O–H groups in total. The third-order valence-electron chi connectivity index (χ3n) is 5.89. The van der Waals surface area contributed by atoms with Crippen LogP contribution in [0.5, 0.6) is 0 Å². The Morgan fingerprint density at radius 2 is 1.53 bits per heavy atom. The van der Waals surface area contributed by atoms with E-state index < -0.39 is 18.1 Å². The lowest BCUT2D eigenvalue weighted by Crippen LogP contribution is -2.27. The Morgan fingerprint density at radius 3 is 2.16 bits per heavy atom. The van der Waals surface area contributed by atoms with Crippen LogP contribution in [0.15, 0.2) is 60.7 Å². The molecule has 0 saturated heterocycles. The van der Waals surface area contributed by atoms with E-state index >= 15 is 0 Å². The molecule has 0 fully saturated rings. The Bertz CT molecular complexity index is 1510. The summed E-state index contributed by atoms with van der Waals surface area (Å²) in [7, 11) is 0. The first-order chi connectivity index (χ1) is 18.3. The van der Waals surface area contributed by atoms with Gasteiger partial charge in [0.25, 0.3) is 0 Å². The molecule has 4 rings (SSSR count). The van der Waals surface area contributed by atoms with Gasteiger partial charge < -0.3 is 26.0 Å². The highest BCUT2D eigenvalue weighted by atomic mass is 35.5. The number of primary amides is 1. The van der Waals surface area contributed by atoms with Crippen molar-refractivity contribution in [3.8, 4) is 0 Å². The van der Waals surface area contributed by atoms with Crippen molar-refractivity contribution in [1.29, 1.82) is 0 Å². The van der Waals surface area contributed by atoms with E-state index in [-0.39, 0.29) is 11.1 Å². The molecule has 1 aromatic heterocycles. The number of carbonyl (C=O) groups excluding carboxylic acids is 3. The van der Waals surface area contributed by atoms with Gasteiger partial charge in [0.2, 0.25) is 0 Å². The summed E-state index contributed by atoms with van der Waals surface area (Å²) in [6, 6.07) is 17.2. The second-order valence-electron chi connectivity index (χ2n) is 8.36. The van der Waals surface area contributed by atoms with E-state index in [1.54, 1.807) is 24.3 Å². The number of nitrogens with one attached hydrogen (secondary N) is 2. The fourth-order valence-corrected chi connectivity index (χ4v) is 4.59. The summed E-state index contributed by atoms with van der Waals surface area (Å²) in [5, 5.41) is 6.92. The van der Waals surface area contributed by atoms with Gasteiger partial charge in [0.15, 0.2) is 0 Å². The molecule has 0 bridgehead atoms. The summed E-state index contributed by atoms with van der Waals surface area (Å²) in [6.45, 7) is 3.17. The lowest BCUT2D eigenvalue weighted by molar-refractivity contribution is 0.0640. The number of pyridine rings is 1. The summed E-state index contributed by atoms with van der Waals surface area (Å²) < 4.78 is 4.59. The second kappa shape index (κ2) is 12.0. The quantitative estimate of drug-likeness (QED) is 0.108. The highest BCUT2D eigenvalue weighted by Gasteiger charge is 2.20. The van der Waals surface area contributed by atoms with Crippen LogP contribution >= 0.6 is 23.2 Å². The topological polar surface area (TPSA) is 127 Å². The summed E-state index contributed by atoms with van der Waals surface area (Å²) in [6.07, 6.45) is -1.22. The number of rotatable bonds is 8. The third kappa shape index (κ3) is 5.90. The zero-order valence-electron chi connectivity index (χ0n) is 20.5. The number of aromatic nitrogens is 1. The van der Waals surface area contributed by atoms with E-state index in [1.165, 1.54) is 6.07 Å². The van der Waals surface area contributed by atoms with E-state index in [1.807, 2.05) is 37.3 Å². The largest absolute Gasteiger partial charge is 0.412 e. The molecule has 11 heteroatoms. The number of para-hydroxylation sites is 2. The maximum atomic E-state index is 13.1. The van der Waals surface area contributed by atoms with Crippen molar-refractivity contribution in [3.63, 3.8) is 0 Å². The van der Waals surface area contributed by atoms with Crippen LogP contribution in [-0.4, -0.2) is 47.9 Å². The average molecular weight is 554 g/mol. The Morgan fingerprint density at radius 1 is 0.895 bits per heavy atom. The van der Waals surface area contributed by atoms with Gasteiger partial charge in [-0.05, 0) is 42.8 Å². The molecule has 0 saturated carbocycles. The fourth-order valence-electron chi connectivity index (χ4n) is 4.18. The summed E-state index contributed by atoms with van der Waals surface area (Å²) >= 11 is 11.8. The number of aryl methyl sites for hydroxylation is 1. The van der Waals surface area contributed by atoms with E-state index in [4.69, 9.17) is 28.9 Å². The zero-order valence-corrected chi connectivity index (χ0v) is 22.0. The number of ether oxygens (including phenoxy) is 1. The molecule has 0 aliphatic heterocycles. The molecule has 3 aromatic carbocycles. The van der Waals surface area contributed by atoms with Crippen molar-refractivity contribution < 1.29 is 19.1 Å². The first kappa shape index (κ1) is 27.0. The first-order valence-electron chi connectivity index (χ1n) is 11.7. The number of benzene rings is 3. The third-order valence-corrected chi connectivity index (χ3v) is 6.23. The van der Waals surface area contributed by atoms with E-state index in [9.17, 15) is 14.4 Å². The van der Waals surface area contributed by atoms with Gasteiger partial charge in [-0.3, -0.25) is 0 Å². The molecule has 0 atom stereocenters. The van der Waals surface area contributed by atoms with Crippen molar-refractivity contribution >= 4 is 80.2 Å². The Labute approximate surface area is 228 Å². The normalized spacial score (nSPS) is 10.8. The number of nitrogens with zero attached hydrogens (tertiary/aromatic N) is 2. The second-order valence-corrected chi connectivity index (χ2v) is 9.12. The van der Waals surface area contributed by atoms with Gasteiger partial charge >= 0.3 is 18.1 Å². The maximum Gasteiger partial charge on any atom is 0.412 e. The predicted molar refractivity (Wildman–Crippen MR) is 152 cm³/mol. The number of hydrogen-bond donors (Lipinski definition) is 3. The molecule has 0 radical (unpaired) electrons. The van der Waals surface area contributed by atoms with Crippen LogP contribution in [0.2, 0.25) is 0 Å². The van der Waals surface area contributed by atoms with Crippen LogP contribution in [0.1, 0.15) is 15.9 Å². The lowest BCUT2D eigenvalue weighted by Gasteiger charge is -2.23. The number of fused-ring (bicyclic) bond motifs is 2. The van der Waals surface area contributed by atoms with Crippen LogP contribution < -0.4 is 21.3 Å². The van der Waals surface area contributed by atoms with Gasteiger partial charge in [-0.1, -0.05) is 30.3 Å². The number of alkyl halides is 2. The number of halogens is 2. The maximum absolute atomic E-state index is 13.1. The van der Waals surface area contributed by atoms with Gasteiger partial charge in [0.05, 0.1) is 22.3 Å². The SMILES string of the molecule is Cc1cccc2c(NC(=O)Nc3ccc(N(CCCl)CCCl)cc3)c3cccc(C(=O)OC(N)=O)c3nc12. The minimum absolute atomic E-state index is 0.0453. The Balaban J connectivity index is 1.68. The van der Waals surface area contributed by atoms with Gasteiger partial charge in [-0.25, -0.2) is 19.4 Å². The highest BCUT2D eigenvalue weighted by Crippen LogP contribution is 2.34. The van der Waals surface area contributed by atoms with E-state index in [0.717, 1.165) is 11.3 Å². The van der Waals surface area contributed by atoms with Crippen molar-refractivity contribution in [1.82, 2.24) is 4.98 Å². The number of anilines is 3. The molecular formula is C27H25Cl2N5O4. The predicted octanol–water partition coefficient (Wildman–Crippen LogP) is 5.86. The number of carbonyl (C=O) groups is 3.